The highest BCUT2D eigenvalue weighted by atomic mass is 16.5. The van der Waals surface area contributed by atoms with Gasteiger partial charge in [0.2, 0.25) is 0 Å². The van der Waals surface area contributed by atoms with Gasteiger partial charge >= 0.3 is 5.97 Å². The number of ether oxygens (including phenoxy) is 1. The number of nitrogens with zero attached hydrogens (tertiary/aromatic N) is 1. The van der Waals surface area contributed by atoms with Gasteiger partial charge in [-0.2, -0.15) is 0 Å². The Morgan fingerprint density at radius 2 is 2.06 bits per heavy atom. The van der Waals surface area contributed by atoms with Gasteiger partial charge in [-0.15, -0.1) is 0 Å². The summed E-state index contributed by atoms with van der Waals surface area (Å²) in [5.41, 5.74) is 3.31. The SMILES string of the molecule is CCOC(=O)c1cc2cc(C)ccc2nc1C. The Morgan fingerprint density at radius 1 is 1.29 bits per heavy atom. The molecular formula is C14H15NO2. The third kappa shape index (κ3) is 2.28. The zero-order valence-corrected chi connectivity index (χ0v) is 10.3. The first kappa shape index (κ1) is 11.6. The van der Waals surface area contributed by atoms with E-state index >= 15 is 0 Å². The molecule has 0 N–H and O–H groups in total. The molecule has 0 saturated heterocycles. The molecule has 3 heteroatoms. The molecule has 0 aliphatic heterocycles. The Hall–Kier alpha value is -1.90. The lowest BCUT2D eigenvalue weighted by Crippen LogP contribution is -2.07. The number of carbonyl (C=O) groups excluding carboxylic acids is 1. The van der Waals surface area contributed by atoms with E-state index in [1.807, 2.05) is 38.1 Å². The number of aryl methyl sites for hydroxylation is 2. The van der Waals surface area contributed by atoms with E-state index in [9.17, 15) is 4.79 Å². The zero-order chi connectivity index (χ0) is 12.4. The molecule has 0 saturated carbocycles. The minimum atomic E-state index is -0.305. The molecule has 88 valence electrons. The maximum absolute atomic E-state index is 11.7. The molecule has 0 spiro atoms. The molecule has 0 radical (unpaired) electrons. The van der Waals surface area contributed by atoms with Crippen LogP contribution in [0.5, 0.6) is 0 Å². The molecule has 0 bridgehead atoms. The molecule has 1 heterocycles. The van der Waals surface area contributed by atoms with Crippen LogP contribution in [0.1, 0.15) is 28.5 Å². The first-order chi connectivity index (χ1) is 8.11. The molecule has 0 aliphatic rings. The Morgan fingerprint density at radius 3 is 2.76 bits per heavy atom. The average Bonchev–Trinajstić information content (AvgIpc) is 2.29. The van der Waals surface area contributed by atoms with Gasteiger partial charge in [-0.05, 0) is 39.0 Å². The first-order valence-corrected chi connectivity index (χ1v) is 5.67. The predicted octanol–water partition coefficient (Wildman–Crippen LogP) is 3.03. The van der Waals surface area contributed by atoms with Gasteiger partial charge in [0.25, 0.3) is 0 Å². The van der Waals surface area contributed by atoms with Crippen molar-refractivity contribution in [2.45, 2.75) is 20.8 Å². The fourth-order valence-corrected chi connectivity index (χ4v) is 1.81. The summed E-state index contributed by atoms with van der Waals surface area (Å²) < 4.78 is 5.01. The van der Waals surface area contributed by atoms with Gasteiger partial charge in [-0.25, -0.2) is 4.79 Å². The lowest BCUT2D eigenvalue weighted by atomic mass is 10.1. The van der Waals surface area contributed by atoms with E-state index in [-0.39, 0.29) is 5.97 Å². The van der Waals surface area contributed by atoms with Gasteiger partial charge in [-0.1, -0.05) is 11.6 Å². The average molecular weight is 229 g/mol. The third-order valence-corrected chi connectivity index (χ3v) is 2.66. The van der Waals surface area contributed by atoms with Crippen molar-refractivity contribution in [3.05, 3.63) is 41.1 Å². The minimum absolute atomic E-state index is 0.305. The van der Waals surface area contributed by atoms with Gasteiger partial charge in [0, 0.05) is 5.39 Å². The molecule has 0 unspecified atom stereocenters. The molecule has 2 rings (SSSR count). The summed E-state index contributed by atoms with van der Waals surface area (Å²) in [7, 11) is 0. The zero-order valence-electron chi connectivity index (χ0n) is 10.3. The summed E-state index contributed by atoms with van der Waals surface area (Å²) in [5, 5.41) is 0.971. The molecule has 2 aromatic rings. The summed E-state index contributed by atoms with van der Waals surface area (Å²) in [6.07, 6.45) is 0. The van der Waals surface area contributed by atoms with Crippen LogP contribution in [-0.2, 0) is 4.74 Å². The Bertz CT molecular complexity index is 576. The number of carbonyl (C=O) groups is 1. The van der Waals surface area contributed by atoms with E-state index < -0.39 is 0 Å². The Kier molecular flexibility index (Phi) is 3.09. The second-order valence-corrected chi connectivity index (χ2v) is 4.04. The van der Waals surface area contributed by atoms with Gasteiger partial charge in [0.1, 0.15) is 0 Å². The smallest absolute Gasteiger partial charge is 0.339 e. The van der Waals surface area contributed by atoms with E-state index in [0.717, 1.165) is 16.5 Å². The van der Waals surface area contributed by atoms with E-state index in [1.54, 1.807) is 6.92 Å². The van der Waals surface area contributed by atoms with E-state index in [2.05, 4.69) is 4.98 Å². The predicted molar refractivity (Wildman–Crippen MR) is 67.2 cm³/mol. The highest BCUT2D eigenvalue weighted by molar-refractivity contribution is 5.95. The van der Waals surface area contributed by atoms with Gasteiger partial charge < -0.3 is 4.74 Å². The Labute approximate surface area is 100 Å². The van der Waals surface area contributed by atoms with Gasteiger partial charge in [0.15, 0.2) is 0 Å². The second kappa shape index (κ2) is 4.53. The van der Waals surface area contributed by atoms with Crippen molar-refractivity contribution in [1.29, 1.82) is 0 Å². The molecular weight excluding hydrogens is 214 g/mol. The lowest BCUT2D eigenvalue weighted by Gasteiger charge is -2.07. The summed E-state index contributed by atoms with van der Waals surface area (Å²) in [5.74, 6) is -0.305. The number of hydrogen-bond acceptors (Lipinski definition) is 3. The number of esters is 1. The van der Waals surface area contributed by atoms with Crippen LogP contribution in [0.3, 0.4) is 0 Å². The van der Waals surface area contributed by atoms with Crippen molar-refractivity contribution in [2.24, 2.45) is 0 Å². The van der Waals surface area contributed by atoms with E-state index in [1.165, 1.54) is 0 Å². The molecule has 17 heavy (non-hydrogen) atoms. The number of benzene rings is 1. The molecule has 0 fully saturated rings. The van der Waals surface area contributed by atoms with Crippen molar-refractivity contribution in [3.8, 4) is 0 Å². The number of aromatic nitrogens is 1. The van der Waals surface area contributed by atoms with Gasteiger partial charge in [-0.3, -0.25) is 4.98 Å². The normalized spacial score (nSPS) is 10.5. The largest absolute Gasteiger partial charge is 0.462 e. The van der Waals surface area contributed by atoms with E-state index in [4.69, 9.17) is 4.74 Å². The quantitative estimate of drug-likeness (QED) is 0.743. The summed E-state index contributed by atoms with van der Waals surface area (Å²) in [4.78, 5) is 16.2. The van der Waals surface area contributed by atoms with Crippen LogP contribution in [0.15, 0.2) is 24.3 Å². The molecule has 0 amide bonds. The van der Waals surface area contributed by atoms with Crippen LogP contribution in [0.4, 0.5) is 0 Å². The molecule has 0 atom stereocenters. The lowest BCUT2D eigenvalue weighted by molar-refractivity contribution is 0.0525. The van der Waals surface area contributed by atoms with Crippen molar-refractivity contribution >= 4 is 16.9 Å². The molecule has 1 aromatic heterocycles. The molecule has 0 aliphatic carbocycles. The highest BCUT2D eigenvalue weighted by Gasteiger charge is 2.12. The Balaban J connectivity index is 2.57. The monoisotopic (exact) mass is 229 g/mol. The standard InChI is InChI=1S/C14H15NO2/c1-4-17-14(16)12-8-11-7-9(2)5-6-13(11)15-10(12)3/h5-8H,4H2,1-3H3. The van der Waals surface area contributed by atoms with Crippen molar-refractivity contribution in [2.75, 3.05) is 6.61 Å². The van der Waals surface area contributed by atoms with Crippen LogP contribution in [0.2, 0.25) is 0 Å². The number of rotatable bonds is 2. The summed E-state index contributed by atoms with van der Waals surface area (Å²) >= 11 is 0. The van der Waals surface area contributed by atoms with Crippen LogP contribution < -0.4 is 0 Å². The first-order valence-electron chi connectivity index (χ1n) is 5.67. The topological polar surface area (TPSA) is 39.2 Å². The third-order valence-electron chi connectivity index (χ3n) is 2.66. The summed E-state index contributed by atoms with van der Waals surface area (Å²) in [6, 6.07) is 7.85. The van der Waals surface area contributed by atoms with Crippen LogP contribution >= 0.6 is 0 Å². The molecule has 3 nitrogen and oxygen atoms in total. The fraction of sp³-hybridized carbons (Fsp3) is 0.286. The van der Waals surface area contributed by atoms with Crippen molar-refractivity contribution < 1.29 is 9.53 Å². The number of fused-ring (bicyclic) bond motifs is 1. The number of hydrogen-bond donors (Lipinski definition) is 0. The van der Waals surface area contributed by atoms with Crippen molar-refractivity contribution in [1.82, 2.24) is 4.98 Å². The second-order valence-electron chi connectivity index (χ2n) is 4.04. The maximum Gasteiger partial charge on any atom is 0.339 e. The van der Waals surface area contributed by atoms with Crippen LogP contribution in [-0.4, -0.2) is 17.6 Å². The summed E-state index contributed by atoms with van der Waals surface area (Å²) in [6.45, 7) is 6.02. The highest BCUT2D eigenvalue weighted by Crippen LogP contribution is 2.18. The number of pyridine rings is 1. The van der Waals surface area contributed by atoms with Crippen LogP contribution in [0, 0.1) is 13.8 Å². The van der Waals surface area contributed by atoms with Crippen LogP contribution in [0.25, 0.3) is 10.9 Å². The van der Waals surface area contributed by atoms with Crippen molar-refractivity contribution in [3.63, 3.8) is 0 Å². The fourth-order valence-electron chi connectivity index (χ4n) is 1.81. The maximum atomic E-state index is 11.7. The van der Waals surface area contributed by atoms with E-state index in [0.29, 0.717) is 17.9 Å². The minimum Gasteiger partial charge on any atom is -0.462 e. The van der Waals surface area contributed by atoms with Gasteiger partial charge in [0.05, 0.1) is 23.4 Å². The molecule has 1 aromatic carbocycles.